The molecule has 2 rings (SSSR count). The molecular formula is C14H18BrN3O2S. The summed E-state index contributed by atoms with van der Waals surface area (Å²) in [6, 6.07) is 5.82. The van der Waals surface area contributed by atoms with Crippen molar-refractivity contribution in [1.29, 1.82) is 5.26 Å². The monoisotopic (exact) mass is 371 g/mol. The highest BCUT2D eigenvalue weighted by atomic mass is 79.9. The Labute approximate surface area is 137 Å². The van der Waals surface area contributed by atoms with Gasteiger partial charge in [0.25, 0.3) is 5.91 Å². The van der Waals surface area contributed by atoms with Crippen molar-refractivity contribution in [3.63, 3.8) is 0 Å². The summed E-state index contributed by atoms with van der Waals surface area (Å²) in [5, 5.41) is 8.77. The Morgan fingerprint density at radius 1 is 1.43 bits per heavy atom. The number of hydrogen-bond acceptors (Lipinski definition) is 5. The van der Waals surface area contributed by atoms with Crippen LogP contribution in [0.1, 0.15) is 16.1 Å². The fraction of sp³-hybridized carbons (Fsp3) is 0.571. The molecule has 0 atom stereocenters. The number of carbonyl (C=O) groups excluding carboxylic acids is 1. The van der Waals surface area contributed by atoms with E-state index in [4.69, 9.17) is 10.00 Å². The Kier molecular flexibility index (Phi) is 6.64. The number of ether oxygens (including phenoxy) is 1. The van der Waals surface area contributed by atoms with Gasteiger partial charge in [-0.15, -0.1) is 11.3 Å². The van der Waals surface area contributed by atoms with Crippen LogP contribution in [0.4, 0.5) is 0 Å². The van der Waals surface area contributed by atoms with Crippen LogP contribution in [0.2, 0.25) is 0 Å². The van der Waals surface area contributed by atoms with Crippen LogP contribution in [0.15, 0.2) is 15.9 Å². The Morgan fingerprint density at radius 3 is 2.81 bits per heavy atom. The standard InChI is InChI=1S/C14H18BrN3O2S/c15-13-3-2-12(21-13)14(19)18(5-1-4-16)7-6-17-8-10-20-11-9-17/h2-3H,1,5-11H2. The molecule has 0 radical (unpaired) electrons. The van der Waals surface area contributed by atoms with E-state index in [1.54, 1.807) is 4.90 Å². The van der Waals surface area contributed by atoms with Gasteiger partial charge in [0.2, 0.25) is 0 Å². The summed E-state index contributed by atoms with van der Waals surface area (Å²) in [7, 11) is 0. The molecule has 7 heteroatoms. The van der Waals surface area contributed by atoms with Gasteiger partial charge in [0, 0.05) is 32.7 Å². The Balaban J connectivity index is 1.93. The number of nitriles is 1. The van der Waals surface area contributed by atoms with Gasteiger partial charge < -0.3 is 9.64 Å². The Morgan fingerprint density at radius 2 is 2.19 bits per heavy atom. The second kappa shape index (κ2) is 8.49. The number of morpholine rings is 1. The zero-order chi connectivity index (χ0) is 15.1. The summed E-state index contributed by atoms with van der Waals surface area (Å²) in [5.74, 6) is 0.00853. The number of halogens is 1. The molecule has 0 aliphatic carbocycles. The van der Waals surface area contributed by atoms with Crippen LogP contribution in [0.25, 0.3) is 0 Å². The molecule has 2 heterocycles. The van der Waals surface area contributed by atoms with Gasteiger partial charge in [0.1, 0.15) is 0 Å². The molecule has 21 heavy (non-hydrogen) atoms. The first-order valence-electron chi connectivity index (χ1n) is 6.92. The summed E-state index contributed by atoms with van der Waals surface area (Å²) in [5.41, 5.74) is 0. The molecule has 1 aliphatic heterocycles. The van der Waals surface area contributed by atoms with E-state index in [-0.39, 0.29) is 5.91 Å². The normalized spacial score (nSPS) is 15.6. The topological polar surface area (TPSA) is 56.6 Å². The number of rotatable bonds is 6. The van der Waals surface area contributed by atoms with Crippen molar-refractivity contribution in [2.75, 3.05) is 45.9 Å². The van der Waals surface area contributed by atoms with E-state index in [1.807, 2.05) is 12.1 Å². The van der Waals surface area contributed by atoms with Gasteiger partial charge in [0.15, 0.2) is 0 Å². The van der Waals surface area contributed by atoms with Crippen molar-refractivity contribution < 1.29 is 9.53 Å². The third-order valence-corrected chi connectivity index (χ3v) is 4.97. The molecule has 0 unspecified atom stereocenters. The van der Waals surface area contributed by atoms with Gasteiger partial charge in [-0.05, 0) is 28.1 Å². The SMILES string of the molecule is N#CCCN(CCN1CCOCC1)C(=O)c1ccc(Br)s1. The number of carbonyl (C=O) groups is 1. The maximum absolute atomic E-state index is 12.5. The molecule has 0 bridgehead atoms. The summed E-state index contributed by atoms with van der Waals surface area (Å²) in [6.45, 7) is 5.28. The first-order valence-corrected chi connectivity index (χ1v) is 8.53. The van der Waals surface area contributed by atoms with Crippen molar-refractivity contribution >= 4 is 33.2 Å². The molecule has 0 saturated carbocycles. The van der Waals surface area contributed by atoms with Crippen LogP contribution in [-0.4, -0.2) is 61.6 Å². The maximum Gasteiger partial charge on any atom is 0.264 e. The van der Waals surface area contributed by atoms with E-state index < -0.39 is 0 Å². The highest BCUT2D eigenvalue weighted by Crippen LogP contribution is 2.23. The summed E-state index contributed by atoms with van der Waals surface area (Å²) < 4.78 is 6.27. The van der Waals surface area contributed by atoms with Gasteiger partial charge >= 0.3 is 0 Å². The van der Waals surface area contributed by atoms with Crippen LogP contribution in [-0.2, 0) is 4.74 Å². The molecule has 0 spiro atoms. The average Bonchev–Trinajstić information content (AvgIpc) is 2.94. The highest BCUT2D eigenvalue weighted by molar-refractivity contribution is 9.11. The van der Waals surface area contributed by atoms with Gasteiger partial charge in [0.05, 0.1) is 34.4 Å². The van der Waals surface area contributed by atoms with Crippen LogP contribution < -0.4 is 0 Å². The fourth-order valence-electron chi connectivity index (χ4n) is 2.17. The summed E-state index contributed by atoms with van der Waals surface area (Å²) >= 11 is 4.81. The average molecular weight is 372 g/mol. The number of nitrogens with zero attached hydrogens (tertiary/aromatic N) is 3. The molecule has 1 aromatic rings. The van der Waals surface area contributed by atoms with E-state index in [2.05, 4.69) is 26.9 Å². The van der Waals surface area contributed by atoms with Crippen molar-refractivity contribution in [3.05, 3.63) is 20.8 Å². The van der Waals surface area contributed by atoms with Gasteiger partial charge in [-0.3, -0.25) is 9.69 Å². The molecule has 0 aromatic carbocycles. The van der Waals surface area contributed by atoms with Crippen molar-refractivity contribution in [2.24, 2.45) is 0 Å². The Bertz CT molecular complexity index is 509. The molecule has 5 nitrogen and oxygen atoms in total. The van der Waals surface area contributed by atoms with E-state index in [1.165, 1.54) is 11.3 Å². The molecule has 1 aliphatic rings. The van der Waals surface area contributed by atoms with Crippen LogP contribution in [0.3, 0.4) is 0 Å². The zero-order valence-corrected chi connectivity index (χ0v) is 14.2. The number of amides is 1. The van der Waals surface area contributed by atoms with Crippen LogP contribution >= 0.6 is 27.3 Å². The lowest BCUT2D eigenvalue weighted by Gasteiger charge is -2.29. The second-order valence-electron chi connectivity index (χ2n) is 4.76. The largest absolute Gasteiger partial charge is 0.379 e. The van der Waals surface area contributed by atoms with E-state index in [9.17, 15) is 4.79 Å². The molecule has 1 saturated heterocycles. The second-order valence-corrected chi connectivity index (χ2v) is 7.22. The molecule has 1 fully saturated rings. The van der Waals surface area contributed by atoms with Crippen molar-refractivity contribution in [3.8, 4) is 6.07 Å². The first-order chi connectivity index (χ1) is 10.2. The zero-order valence-electron chi connectivity index (χ0n) is 11.8. The minimum atomic E-state index is 0.00853. The maximum atomic E-state index is 12.5. The van der Waals surface area contributed by atoms with Crippen LogP contribution in [0.5, 0.6) is 0 Å². The smallest absolute Gasteiger partial charge is 0.264 e. The predicted molar refractivity (Wildman–Crippen MR) is 85.4 cm³/mol. The lowest BCUT2D eigenvalue weighted by molar-refractivity contribution is 0.0327. The number of thiophene rings is 1. The summed E-state index contributed by atoms with van der Waals surface area (Å²) in [6.07, 6.45) is 0.362. The van der Waals surface area contributed by atoms with Gasteiger partial charge in [-0.2, -0.15) is 5.26 Å². The predicted octanol–water partition coefficient (Wildman–Crippen LogP) is 2.20. The lowest BCUT2D eigenvalue weighted by atomic mass is 10.3. The van der Waals surface area contributed by atoms with Crippen LogP contribution in [0, 0.1) is 11.3 Å². The first kappa shape index (κ1) is 16.4. The number of hydrogen-bond donors (Lipinski definition) is 0. The minimum Gasteiger partial charge on any atom is -0.379 e. The fourth-order valence-corrected chi connectivity index (χ4v) is 3.53. The molecule has 1 aromatic heterocycles. The van der Waals surface area contributed by atoms with Gasteiger partial charge in [-0.25, -0.2) is 0 Å². The minimum absolute atomic E-state index is 0.00853. The highest BCUT2D eigenvalue weighted by Gasteiger charge is 2.19. The van der Waals surface area contributed by atoms with E-state index >= 15 is 0 Å². The summed E-state index contributed by atoms with van der Waals surface area (Å²) in [4.78, 5) is 17.3. The Hall–Kier alpha value is -0.940. The molecule has 1 amide bonds. The third kappa shape index (κ3) is 5.08. The van der Waals surface area contributed by atoms with Gasteiger partial charge in [-0.1, -0.05) is 0 Å². The van der Waals surface area contributed by atoms with Crippen molar-refractivity contribution in [2.45, 2.75) is 6.42 Å². The molecule has 114 valence electrons. The quantitative estimate of drug-likeness (QED) is 0.768. The lowest BCUT2D eigenvalue weighted by Crippen LogP contribution is -2.43. The van der Waals surface area contributed by atoms with E-state index in [0.717, 1.165) is 36.6 Å². The van der Waals surface area contributed by atoms with E-state index in [0.29, 0.717) is 24.4 Å². The molecule has 0 N–H and O–H groups in total. The molecular weight excluding hydrogens is 354 g/mol. The van der Waals surface area contributed by atoms with Crippen molar-refractivity contribution in [1.82, 2.24) is 9.80 Å². The third-order valence-electron chi connectivity index (χ3n) is 3.35.